The summed E-state index contributed by atoms with van der Waals surface area (Å²) < 4.78 is 0. The van der Waals surface area contributed by atoms with Gasteiger partial charge >= 0.3 is 0 Å². The van der Waals surface area contributed by atoms with E-state index >= 15 is 0 Å². The summed E-state index contributed by atoms with van der Waals surface area (Å²) in [7, 11) is 0. The molecule has 1 saturated heterocycles. The van der Waals surface area contributed by atoms with Crippen molar-refractivity contribution in [3.8, 4) is 0 Å². The summed E-state index contributed by atoms with van der Waals surface area (Å²) in [6.45, 7) is 5.91. The Hall–Kier alpha value is -3.75. The number of hydrogen-bond acceptors (Lipinski definition) is 5. The van der Waals surface area contributed by atoms with Crippen LogP contribution in [0.2, 0.25) is 0 Å². The molecule has 1 fully saturated rings. The summed E-state index contributed by atoms with van der Waals surface area (Å²) in [4.78, 5) is 49.0. The lowest BCUT2D eigenvalue weighted by Crippen LogP contribution is -2.33. The number of anilines is 2. The van der Waals surface area contributed by atoms with Crippen LogP contribution in [-0.2, 0) is 9.59 Å². The molecule has 1 heterocycles. The summed E-state index contributed by atoms with van der Waals surface area (Å²) in [6.07, 6.45) is 0.194. The third kappa shape index (κ3) is 5.06. The largest absolute Gasteiger partial charge is 0.339 e. The van der Waals surface area contributed by atoms with Gasteiger partial charge in [-0.25, -0.2) is 0 Å². The fraction of sp³-hybridized carbons (Fsp3) is 0.318. The molecule has 0 aliphatic carbocycles. The zero-order valence-corrected chi connectivity index (χ0v) is 17.5. The fourth-order valence-electron chi connectivity index (χ4n) is 3.45. The molecule has 2 aromatic carbocycles. The summed E-state index contributed by atoms with van der Waals surface area (Å²) in [6, 6.07) is 10.7. The molecule has 9 heteroatoms. The molecule has 2 aromatic rings. The van der Waals surface area contributed by atoms with Gasteiger partial charge in [-0.3, -0.25) is 24.5 Å². The van der Waals surface area contributed by atoms with Crippen molar-refractivity contribution in [1.29, 1.82) is 0 Å². The second-order valence-electron chi connectivity index (χ2n) is 7.82. The first-order valence-electron chi connectivity index (χ1n) is 9.92. The van der Waals surface area contributed by atoms with Gasteiger partial charge in [0.15, 0.2) is 0 Å². The molecule has 1 aliphatic heterocycles. The van der Waals surface area contributed by atoms with E-state index < -0.39 is 10.8 Å². The van der Waals surface area contributed by atoms with Gasteiger partial charge in [0, 0.05) is 48.1 Å². The standard InChI is InChI=1S/C22H24N4O5/c1-13(2)25-12-16(11-20(25)27)22(29)23-17-6-4-15(5-7-17)21(28)24-19-9-8-18(26(30)31)10-14(19)3/h4-10,13,16H,11-12H2,1-3H3,(H,23,29)(H,24,28). The highest BCUT2D eigenvalue weighted by Crippen LogP contribution is 2.23. The monoisotopic (exact) mass is 424 g/mol. The topological polar surface area (TPSA) is 122 Å². The lowest BCUT2D eigenvalue weighted by molar-refractivity contribution is -0.384. The van der Waals surface area contributed by atoms with E-state index in [1.165, 1.54) is 18.2 Å². The average molecular weight is 424 g/mol. The zero-order valence-electron chi connectivity index (χ0n) is 17.5. The number of likely N-dealkylation sites (tertiary alicyclic amines) is 1. The maximum Gasteiger partial charge on any atom is 0.269 e. The lowest BCUT2D eigenvalue weighted by Gasteiger charge is -2.20. The van der Waals surface area contributed by atoms with Gasteiger partial charge in [-0.05, 0) is 56.7 Å². The highest BCUT2D eigenvalue weighted by atomic mass is 16.6. The minimum Gasteiger partial charge on any atom is -0.339 e. The number of carbonyl (C=O) groups is 3. The first kappa shape index (κ1) is 21.9. The molecule has 162 valence electrons. The number of benzene rings is 2. The highest BCUT2D eigenvalue weighted by molar-refractivity contribution is 6.05. The third-order valence-corrected chi connectivity index (χ3v) is 5.24. The minimum absolute atomic E-state index is 0.0243. The molecule has 3 amide bonds. The second kappa shape index (κ2) is 8.95. The summed E-state index contributed by atoms with van der Waals surface area (Å²) in [5.74, 6) is -1.02. The molecule has 1 unspecified atom stereocenters. The van der Waals surface area contributed by atoms with Crippen molar-refractivity contribution in [3.63, 3.8) is 0 Å². The van der Waals surface area contributed by atoms with Gasteiger partial charge in [-0.2, -0.15) is 0 Å². The van der Waals surface area contributed by atoms with Crippen molar-refractivity contribution < 1.29 is 19.3 Å². The van der Waals surface area contributed by atoms with Crippen LogP contribution in [0.3, 0.4) is 0 Å². The Morgan fingerprint density at radius 3 is 2.35 bits per heavy atom. The number of nitro groups is 1. The Morgan fingerprint density at radius 2 is 1.81 bits per heavy atom. The normalized spacial score (nSPS) is 15.8. The molecule has 0 saturated carbocycles. The van der Waals surface area contributed by atoms with Gasteiger partial charge in [-0.15, -0.1) is 0 Å². The van der Waals surface area contributed by atoms with Crippen molar-refractivity contribution in [3.05, 3.63) is 63.7 Å². The first-order valence-corrected chi connectivity index (χ1v) is 9.92. The summed E-state index contributed by atoms with van der Waals surface area (Å²) >= 11 is 0. The Morgan fingerprint density at radius 1 is 1.13 bits per heavy atom. The van der Waals surface area contributed by atoms with Gasteiger partial charge in [0.25, 0.3) is 11.6 Å². The molecule has 0 aromatic heterocycles. The molecule has 31 heavy (non-hydrogen) atoms. The molecule has 9 nitrogen and oxygen atoms in total. The highest BCUT2D eigenvalue weighted by Gasteiger charge is 2.35. The van der Waals surface area contributed by atoms with Crippen LogP contribution in [0.15, 0.2) is 42.5 Å². The Bertz CT molecular complexity index is 1030. The molecule has 0 spiro atoms. The van der Waals surface area contributed by atoms with Gasteiger partial charge in [0.05, 0.1) is 10.8 Å². The van der Waals surface area contributed by atoms with Crippen LogP contribution in [0.25, 0.3) is 0 Å². The van der Waals surface area contributed by atoms with Crippen molar-refractivity contribution >= 4 is 34.8 Å². The summed E-state index contributed by atoms with van der Waals surface area (Å²) in [5, 5.41) is 16.3. The smallest absolute Gasteiger partial charge is 0.269 e. The van der Waals surface area contributed by atoms with Crippen LogP contribution >= 0.6 is 0 Å². The molecular weight excluding hydrogens is 400 g/mol. The number of hydrogen-bond donors (Lipinski definition) is 2. The Kier molecular flexibility index (Phi) is 6.33. The van der Waals surface area contributed by atoms with Crippen molar-refractivity contribution in [2.45, 2.75) is 33.2 Å². The van der Waals surface area contributed by atoms with Crippen molar-refractivity contribution in [2.75, 3.05) is 17.2 Å². The lowest BCUT2D eigenvalue weighted by atomic mass is 10.1. The maximum absolute atomic E-state index is 12.5. The maximum atomic E-state index is 12.5. The van der Waals surface area contributed by atoms with Crippen LogP contribution in [-0.4, -0.2) is 40.1 Å². The van der Waals surface area contributed by atoms with E-state index in [0.29, 0.717) is 29.0 Å². The Balaban J connectivity index is 1.61. The molecule has 0 bridgehead atoms. The number of non-ortho nitro benzene ring substituents is 1. The van der Waals surface area contributed by atoms with Crippen LogP contribution in [0.1, 0.15) is 36.2 Å². The molecule has 1 atom stereocenters. The fourth-order valence-corrected chi connectivity index (χ4v) is 3.45. The number of nitro benzene ring substituents is 1. The quantitative estimate of drug-likeness (QED) is 0.544. The van der Waals surface area contributed by atoms with Crippen LogP contribution in [0, 0.1) is 23.0 Å². The van der Waals surface area contributed by atoms with Gasteiger partial charge < -0.3 is 15.5 Å². The van der Waals surface area contributed by atoms with Crippen LogP contribution in [0.4, 0.5) is 17.1 Å². The Labute approximate surface area is 179 Å². The predicted molar refractivity (Wildman–Crippen MR) is 116 cm³/mol. The van der Waals surface area contributed by atoms with E-state index in [1.807, 2.05) is 13.8 Å². The van der Waals surface area contributed by atoms with E-state index in [0.717, 1.165) is 0 Å². The van der Waals surface area contributed by atoms with E-state index in [-0.39, 0.29) is 35.9 Å². The van der Waals surface area contributed by atoms with E-state index in [4.69, 9.17) is 0 Å². The van der Waals surface area contributed by atoms with Gasteiger partial charge in [-0.1, -0.05) is 0 Å². The van der Waals surface area contributed by atoms with Crippen molar-refractivity contribution in [2.24, 2.45) is 5.92 Å². The number of rotatable bonds is 6. The molecule has 3 rings (SSSR count). The predicted octanol–water partition coefficient (Wildman–Crippen LogP) is 3.35. The molecule has 0 radical (unpaired) electrons. The van der Waals surface area contributed by atoms with Crippen LogP contribution in [0.5, 0.6) is 0 Å². The number of nitrogens with one attached hydrogen (secondary N) is 2. The van der Waals surface area contributed by atoms with Crippen LogP contribution < -0.4 is 10.6 Å². The molecular formula is C22H24N4O5. The van der Waals surface area contributed by atoms with E-state index in [9.17, 15) is 24.5 Å². The van der Waals surface area contributed by atoms with Crippen molar-refractivity contribution in [1.82, 2.24) is 4.90 Å². The minimum atomic E-state index is -0.493. The molecule has 1 aliphatic rings. The zero-order chi connectivity index (χ0) is 22.7. The van der Waals surface area contributed by atoms with Gasteiger partial charge in [0.1, 0.15) is 0 Å². The average Bonchev–Trinajstić information content (AvgIpc) is 3.12. The molecule has 2 N–H and O–H groups in total. The van der Waals surface area contributed by atoms with E-state index in [2.05, 4.69) is 10.6 Å². The number of nitrogens with zero attached hydrogens (tertiary/aromatic N) is 2. The number of carbonyl (C=O) groups excluding carboxylic acids is 3. The SMILES string of the molecule is Cc1cc([N+](=O)[O-])ccc1NC(=O)c1ccc(NC(=O)C2CC(=O)N(C(C)C)C2)cc1. The number of aryl methyl sites for hydroxylation is 1. The van der Waals surface area contributed by atoms with E-state index in [1.54, 1.807) is 36.1 Å². The third-order valence-electron chi connectivity index (χ3n) is 5.24. The second-order valence-corrected chi connectivity index (χ2v) is 7.82. The first-order chi connectivity index (χ1) is 14.7. The summed E-state index contributed by atoms with van der Waals surface area (Å²) in [5.41, 5.74) is 1.92. The van der Waals surface area contributed by atoms with Gasteiger partial charge in [0.2, 0.25) is 11.8 Å². The number of amides is 3.